The van der Waals surface area contributed by atoms with Crippen molar-refractivity contribution in [3.63, 3.8) is 0 Å². The number of aryl methyl sites for hydroxylation is 1. The molecule has 102 valence electrons. The molecule has 2 aromatic rings. The topological polar surface area (TPSA) is 18.5 Å². The summed E-state index contributed by atoms with van der Waals surface area (Å²) >= 11 is 0. The first-order valence-corrected chi connectivity index (χ1v) is 6.82. The van der Waals surface area contributed by atoms with Crippen molar-refractivity contribution in [3.05, 3.63) is 59.2 Å². The van der Waals surface area contributed by atoms with Crippen LogP contribution in [0.15, 0.2) is 42.5 Å². The zero-order valence-electron chi connectivity index (χ0n) is 11.8. The molecule has 1 aliphatic carbocycles. The van der Waals surface area contributed by atoms with Gasteiger partial charge in [0.05, 0.1) is 14.2 Å². The number of rotatable bonds is 3. The van der Waals surface area contributed by atoms with E-state index >= 15 is 0 Å². The van der Waals surface area contributed by atoms with Gasteiger partial charge in [0.15, 0.2) is 0 Å². The molecule has 0 atom stereocenters. The highest BCUT2D eigenvalue weighted by Crippen LogP contribution is 2.33. The monoisotopic (exact) mass is 266 g/mol. The van der Waals surface area contributed by atoms with E-state index < -0.39 is 0 Å². The van der Waals surface area contributed by atoms with Crippen LogP contribution in [0.4, 0.5) is 0 Å². The van der Waals surface area contributed by atoms with Crippen LogP contribution in [0.3, 0.4) is 0 Å². The predicted octanol–water partition coefficient (Wildman–Crippen LogP) is 4.19. The third kappa shape index (κ3) is 2.42. The van der Waals surface area contributed by atoms with E-state index in [1.807, 2.05) is 18.2 Å². The van der Waals surface area contributed by atoms with Gasteiger partial charge in [-0.05, 0) is 59.4 Å². The lowest BCUT2D eigenvalue weighted by Gasteiger charge is -2.18. The molecule has 0 heterocycles. The van der Waals surface area contributed by atoms with Gasteiger partial charge >= 0.3 is 0 Å². The SMILES string of the molecule is COc1cccc(C2=Cc3ccc(OC)cc3CC2)c1. The lowest BCUT2D eigenvalue weighted by Crippen LogP contribution is -2.00. The molecule has 0 aliphatic heterocycles. The third-order valence-electron chi connectivity index (χ3n) is 3.78. The summed E-state index contributed by atoms with van der Waals surface area (Å²) in [4.78, 5) is 0. The van der Waals surface area contributed by atoms with Crippen molar-refractivity contribution in [1.29, 1.82) is 0 Å². The van der Waals surface area contributed by atoms with Crippen LogP contribution in [0.5, 0.6) is 11.5 Å². The van der Waals surface area contributed by atoms with Crippen molar-refractivity contribution in [1.82, 2.24) is 0 Å². The molecule has 20 heavy (non-hydrogen) atoms. The summed E-state index contributed by atoms with van der Waals surface area (Å²) in [5.41, 5.74) is 5.25. The number of hydrogen-bond acceptors (Lipinski definition) is 2. The summed E-state index contributed by atoms with van der Waals surface area (Å²) < 4.78 is 10.6. The third-order valence-corrected chi connectivity index (χ3v) is 3.78. The molecule has 0 unspecified atom stereocenters. The van der Waals surface area contributed by atoms with E-state index in [4.69, 9.17) is 9.47 Å². The molecule has 3 rings (SSSR count). The van der Waals surface area contributed by atoms with Gasteiger partial charge in [-0.3, -0.25) is 0 Å². The van der Waals surface area contributed by atoms with E-state index in [9.17, 15) is 0 Å². The Morgan fingerprint density at radius 3 is 2.45 bits per heavy atom. The maximum absolute atomic E-state index is 5.30. The van der Waals surface area contributed by atoms with E-state index in [1.54, 1.807) is 14.2 Å². The van der Waals surface area contributed by atoms with Crippen LogP contribution in [0, 0.1) is 0 Å². The molecule has 0 saturated heterocycles. The summed E-state index contributed by atoms with van der Waals surface area (Å²) in [7, 11) is 3.41. The molecule has 0 spiro atoms. The van der Waals surface area contributed by atoms with Crippen molar-refractivity contribution in [2.24, 2.45) is 0 Å². The first-order valence-electron chi connectivity index (χ1n) is 6.82. The summed E-state index contributed by atoms with van der Waals surface area (Å²) in [6.45, 7) is 0. The van der Waals surface area contributed by atoms with Crippen LogP contribution in [0.25, 0.3) is 11.6 Å². The summed E-state index contributed by atoms with van der Waals surface area (Å²) in [6, 6.07) is 14.5. The van der Waals surface area contributed by atoms with Gasteiger partial charge in [0.1, 0.15) is 11.5 Å². The van der Waals surface area contributed by atoms with Gasteiger partial charge in [0.2, 0.25) is 0 Å². The highest BCUT2D eigenvalue weighted by Gasteiger charge is 2.13. The zero-order valence-corrected chi connectivity index (χ0v) is 11.8. The molecule has 2 heteroatoms. The molecule has 0 radical (unpaired) electrons. The largest absolute Gasteiger partial charge is 0.497 e. The van der Waals surface area contributed by atoms with Gasteiger partial charge in [0, 0.05) is 0 Å². The van der Waals surface area contributed by atoms with Gasteiger partial charge in [-0.2, -0.15) is 0 Å². The second-order valence-corrected chi connectivity index (χ2v) is 4.97. The van der Waals surface area contributed by atoms with Crippen LogP contribution in [-0.2, 0) is 6.42 Å². The van der Waals surface area contributed by atoms with Crippen LogP contribution in [0.2, 0.25) is 0 Å². The van der Waals surface area contributed by atoms with E-state index in [1.165, 1.54) is 22.3 Å². The highest BCUT2D eigenvalue weighted by molar-refractivity contribution is 5.84. The van der Waals surface area contributed by atoms with E-state index in [-0.39, 0.29) is 0 Å². The predicted molar refractivity (Wildman–Crippen MR) is 82.2 cm³/mol. The number of fused-ring (bicyclic) bond motifs is 1. The maximum Gasteiger partial charge on any atom is 0.119 e. The average molecular weight is 266 g/mol. The number of benzene rings is 2. The van der Waals surface area contributed by atoms with Gasteiger partial charge < -0.3 is 9.47 Å². The normalized spacial score (nSPS) is 13.4. The van der Waals surface area contributed by atoms with Crippen molar-refractivity contribution < 1.29 is 9.47 Å². The van der Waals surface area contributed by atoms with Crippen molar-refractivity contribution in [2.45, 2.75) is 12.8 Å². The Hall–Kier alpha value is -2.22. The van der Waals surface area contributed by atoms with Crippen molar-refractivity contribution >= 4 is 11.6 Å². The maximum atomic E-state index is 5.30. The molecular weight excluding hydrogens is 248 g/mol. The standard InChI is InChI=1S/C18H18O2/c1-19-17-5-3-4-13(11-17)14-6-7-16-12-18(20-2)9-8-15(16)10-14/h3-5,8-12H,6-7H2,1-2H3. The molecular formula is C18H18O2. The fraction of sp³-hybridized carbons (Fsp3) is 0.222. The van der Waals surface area contributed by atoms with Gasteiger partial charge in [-0.25, -0.2) is 0 Å². The zero-order chi connectivity index (χ0) is 13.9. The van der Waals surface area contributed by atoms with Crippen LogP contribution in [-0.4, -0.2) is 14.2 Å². The van der Waals surface area contributed by atoms with Crippen LogP contribution in [0.1, 0.15) is 23.1 Å². The van der Waals surface area contributed by atoms with E-state index in [2.05, 4.69) is 30.3 Å². The molecule has 0 aromatic heterocycles. The molecule has 0 bridgehead atoms. The molecule has 2 nitrogen and oxygen atoms in total. The number of methoxy groups -OCH3 is 2. The average Bonchev–Trinajstić information content (AvgIpc) is 2.54. The highest BCUT2D eigenvalue weighted by atomic mass is 16.5. The number of hydrogen-bond donors (Lipinski definition) is 0. The fourth-order valence-electron chi connectivity index (χ4n) is 2.65. The molecule has 0 fully saturated rings. The lowest BCUT2D eigenvalue weighted by atomic mass is 9.88. The Morgan fingerprint density at radius 1 is 0.850 bits per heavy atom. The lowest BCUT2D eigenvalue weighted by molar-refractivity contribution is 0.414. The smallest absolute Gasteiger partial charge is 0.119 e. The Kier molecular flexibility index (Phi) is 3.46. The second-order valence-electron chi connectivity index (χ2n) is 4.97. The summed E-state index contributed by atoms with van der Waals surface area (Å²) in [5, 5.41) is 0. The second kappa shape index (κ2) is 5.41. The molecule has 1 aliphatic rings. The minimum Gasteiger partial charge on any atom is -0.497 e. The van der Waals surface area contributed by atoms with Crippen LogP contribution >= 0.6 is 0 Å². The summed E-state index contributed by atoms with van der Waals surface area (Å²) in [5.74, 6) is 1.84. The Balaban J connectivity index is 1.97. The molecule has 0 saturated carbocycles. The Labute approximate surface area is 119 Å². The first kappa shape index (κ1) is 12.8. The minimum atomic E-state index is 0.906. The Morgan fingerprint density at radius 2 is 1.65 bits per heavy atom. The molecule has 0 amide bonds. The minimum absolute atomic E-state index is 0.906. The van der Waals surface area contributed by atoms with Gasteiger partial charge in [-0.15, -0.1) is 0 Å². The van der Waals surface area contributed by atoms with Crippen molar-refractivity contribution in [2.75, 3.05) is 14.2 Å². The van der Waals surface area contributed by atoms with E-state index in [0.29, 0.717) is 0 Å². The molecule has 0 N–H and O–H groups in total. The number of ether oxygens (including phenoxy) is 2. The van der Waals surface area contributed by atoms with Gasteiger partial charge in [0.25, 0.3) is 0 Å². The Bertz CT molecular complexity index is 656. The van der Waals surface area contributed by atoms with Crippen LogP contribution < -0.4 is 9.47 Å². The molecule has 2 aromatic carbocycles. The van der Waals surface area contributed by atoms with Gasteiger partial charge in [-0.1, -0.05) is 24.3 Å². The fourth-order valence-corrected chi connectivity index (χ4v) is 2.65. The van der Waals surface area contributed by atoms with Crippen molar-refractivity contribution in [3.8, 4) is 11.5 Å². The number of allylic oxidation sites excluding steroid dienone is 1. The quantitative estimate of drug-likeness (QED) is 0.829. The van der Waals surface area contributed by atoms with E-state index in [0.717, 1.165) is 24.3 Å². The summed E-state index contributed by atoms with van der Waals surface area (Å²) in [6.07, 6.45) is 4.37. The first-order chi connectivity index (χ1) is 9.80.